The van der Waals surface area contributed by atoms with Crippen molar-refractivity contribution in [2.45, 2.75) is 17.6 Å². The highest BCUT2D eigenvalue weighted by molar-refractivity contribution is 7.89. The minimum atomic E-state index is -4.83. The third-order valence-corrected chi connectivity index (χ3v) is 5.15. The van der Waals surface area contributed by atoms with Gasteiger partial charge in [0.15, 0.2) is 0 Å². The molecular formula is C16H16ClF3N2O2S. The van der Waals surface area contributed by atoms with E-state index in [2.05, 4.69) is 4.72 Å². The number of halogens is 4. The highest BCUT2D eigenvalue weighted by atomic mass is 35.5. The molecular weight excluding hydrogens is 377 g/mol. The maximum absolute atomic E-state index is 13.1. The SMILES string of the molecule is CN(C)c1ccc(CNS(=O)(=O)c2ccc(Cl)cc2C(F)(F)F)cc1. The van der Waals surface area contributed by atoms with Crippen LogP contribution >= 0.6 is 11.6 Å². The van der Waals surface area contributed by atoms with E-state index in [1.807, 2.05) is 19.0 Å². The zero-order chi connectivity index (χ0) is 18.8. The molecule has 0 aliphatic heterocycles. The van der Waals surface area contributed by atoms with Crippen molar-refractivity contribution in [1.29, 1.82) is 0 Å². The average Bonchev–Trinajstić information content (AvgIpc) is 2.52. The number of hydrogen-bond acceptors (Lipinski definition) is 3. The highest BCUT2D eigenvalue weighted by Crippen LogP contribution is 2.35. The van der Waals surface area contributed by atoms with E-state index in [0.29, 0.717) is 11.6 Å². The summed E-state index contributed by atoms with van der Waals surface area (Å²) in [6, 6.07) is 9.52. The molecule has 25 heavy (non-hydrogen) atoms. The van der Waals surface area contributed by atoms with Crippen molar-refractivity contribution in [1.82, 2.24) is 4.72 Å². The van der Waals surface area contributed by atoms with Gasteiger partial charge in [0.2, 0.25) is 10.0 Å². The van der Waals surface area contributed by atoms with Crippen molar-refractivity contribution in [2.24, 2.45) is 0 Å². The predicted molar refractivity (Wildman–Crippen MR) is 91.2 cm³/mol. The van der Waals surface area contributed by atoms with Crippen molar-refractivity contribution in [3.63, 3.8) is 0 Å². The minimum absolute atomic E-state index is 0.129. The molecule has 9 heteroatoms. The van der Waals surface area contributed by atoms with Crippen LogP contribution in [0.4, 0.5) is 18.9 Å². The van der Waals surface area contributed by atoms with E-state index in [0.717, 1.165) is 17.8 Å². The Morgan fingerprint density at radius 1 is 1.08 bits per heavy atom. The van der Waals surface area contributed by atoms with Crippen molar-refractivity contribution in [2.75, 3.05) is 19.0 Å². The number of anilines is 1. The lowest BCUT2D eigenvalue weighted by molar-refractivity contribution is -0.139. The summed E-state index contributed by atoms with van der Waals surface area (Å²) in [6.45, 7) is -0.129. The molecule has 0 bridgehead atoms. The minimum Gasteiger partial charge on any atom is -0.378 e. The summed E-state index contributed by atoms with van der Waals surface area (Å²) in [5, 5.41) is -0.189. The van der Waals surface area contributed by atoms with Gasteiger partial charge >= 0.3 is 6.18 Å². The standard InChI is InChI=1S/C16H16ClF3N2O2S/c1-22(2)13-6-3-11(4-7-13)10-21-25(23,24)15-8-5-12(17)9-14(15)16(18,19)20/h3-9,21H,10H2,1-2H3. The zero-order valence-corrected chi connectivity index (χ0v) is 15.0. The van der Waals surface area contributed by atoms with E-state index >= 15 is 0 Å². The zero-order valence-electron chi connectivity index (χ0n) is 13.4. The fourth-order valence-electron chi connectivity index (χ4n) is 2.13. The van der Waals surface area contributed by atoms with Crippen LogP contribution < -0.4 is 9.62 Å². The molecule has 2 rings (SSSR count). The molecule has 2 aromatic rings. The van der Waals surface area contributed by atoms with E-state index in [1.54, 1.807) is 24.3 Å². The van der Waals surface area contributed by atoms with Crippen LogP contribution in [0.3, 0.4) is 0 Å². The molecule has 0 spiro atoms. The smallest absolute Gasteiger partial charge is 0.378 e. The molecule has 0 heterocycles. The molecule has 0 aliphatic rings. The van der Waals surface area contributed by atoms with Gasteiger partial charge in [-0.15, -0.1) is 0 Å². The second-order valence-electron chi connectivity index (χ2n) is 5.52. The number of hydrogen-bond donors (Lipinski definition) is 1. The number of sulfonamides is 1. The van der Waals surface area contributed by atoms with Gasteiger partial charge in [0.25, 0.3) is 0 Å². The third kappa shape index (κ3) is 4.87. The van der Waals surface area contributed by atoms with Gasteiger partial charge < -0.3 is 4.90 Å². The molecule has 0 radical (unpaired) electrons. The van der Waals surface area contributed by atoms with Crippen LogP contribution in [0.1, 0.15) is 11.1 Å². The molecule has 0 atom stereocenters. The lowest BCUT2D eigenvalue weighted by atomic mass is 10.2. The largest absolute Gasteiger partial charge is 0.417 e. The van der Waals surface area contributed by atoms with E-state index in [1.165, 1.54) is 0 Å². The Morgan fingerprint density at radius 2 is 1.68 bits per heavy atom. The van der Waals surface area contributed by atoms with Crippen LogP contribution in [0.25, 0.3) is 0 Å². The van der Waals surface area contributed by atoms with Crippen LogP contribution in [0, 0.1) is 0 Å². The molecule has 0 aromatic heterocycles. The Bertz CT molecular complexity index is 851. The number of alkyl halides is 3. The van der Waals surface area contributed by atoms with Crippen molar-refractivity contribution in [3.8, 4) is 0 Å². The van der Waals surface area contributed by atoms with Crippen LogP contribution in [0.5, 0.6) is 0 Å². The molecule has 0 saturated heterocycles. The van der Waals surface area contributed by atoms with E-state index < -0.39 is 26.7 Å². The fourth-order valence-corrected chi connectivity index (χ4v) is 3.52. The summed E-state index contributed by atoms with van der Waals surface area (Å²) in [6.07, 6.45) is -4.83. The van der Waals surface area contributed by atoms with Crippen LogP contribution in [-0.4, -0.2) is 22.5 Å². The Kier molecular flexibility index (Phi) is 5.65. The van der Waals surface area contributed by atoms with Crippen LogP contribution in [0.2, 0.25) is 5.02 Å². The molecule has 0 aliphatic carbocycles. The number of rotatable bonds is 5. The molecule has 136 valence electrons. The van der Waals surface area contributed by atoms with Crippen molar-refractivity contribution >= 4 is 27.3 Å². The fraction of sp³-hybridized carbons (Fsp3) is 0.250. The highest BCUT2D eigenvalue weighted by Gasteiger charge is 2.37. The van der Waals surface area contributed by atoms with Crippen LogP contribution in [-0.2, 0) is 22.7 Å². The molecule has 0 fully saturated rings. The normalized spacial score (nSPS) is 12.2. The van der Waals surface area contributed by atoms with E-state index in [-0.39, 0.29) is 11.6 Å². The maximum Gasteiger partial charge on any atom is 0.417 e. The predicted octanol–water partition coefficient (Wildman–Crippen LogP) is 3.90. The average molecular weight is 393 g/mol. The Morgan fingerprint density at radius 3 is 2.20 bits per heavy atom. The summed E-state index contributed by atoms with van der Waals surface area (Å²) < 4.78 is 66.0. The van der Waals surface area contributed by atoms with Gasteiger partial charge in [0.1, 0.15) is 0 Å². The number of benzene rings is 2. The number of nitrogens with one attached hydrogen (secondary N) is 1. The van der Waals surface area contributed by atoms with E-state index in [4.69, 9.17) is 11.6 Å². The molecule has 0 unspecified atom stereocenters. The first kappa shape index (κ1) is 19.6. The first-order valence-corrected chi connectivity index (χ1v) is 8.99. The first-order chi connectivity index (χ1) is 11.5. The monoisotopic (exact) mass is 392 g/mol. The van der Waals surface area contributed by atoms with Gasteiger partial charge in [-0.25, -0.2) is 13.1 Å². The Hall–Kier alpha value is -1.77. The summed E-state index contributed by atoms with van der Waals surface area (Å²) in [4.78, 5) is 1.02. The lowest BCUT2D eigenvalue weighted by Gasteiger charge is -2.15. The Labute approximate surface area is 149 Å². The summed E-state index contributed by atoms with van der Waals surface area (Å²) in [5.74, 6) is 0. The van der Waals surface area contributed by atoms with Crippen LogP contribution in [0.15, 0.2) is 47.4 Å². The third-order valence-electron chi connectivity index (χ3n) is 3.46. The summed E-state index contributed by atoms with van der Waals surface area (Å²) in [5.41, 5.74) is 0.246. The van der Waals surface area contributed by atoms with Gasteiger partial charge in [0.05, 0.1) is 10.5 Å². The van der Waals surface area contributed by atoms with Gasteiger partial charge in [-0.2, -0.15) is 13.2 Å². The lowest BCUT2D eigenvalue weighted by Crippen LogP contribution is -2.26. The summed E-state index contributed by atoms with van der Waals surface area (Å²) in [7, 11) is -0.638. The quantitative estimate of drug-likeness (QED) is 0.839. The molecule has 0 amide bonds. The van der Waals surface area contributed by atoms with Gasteiger partial charge in [-0.1, -0.05) is 23.7 Å². The van der Waals surface area contributed by atoms with Gasteiger partial charge in [-0.05, 0) is 35.9 Å². The van der Waals surface area contributed by atoms with Gasteiger partial charge in [0, 0.05) is 31.4 Å². The van der Waals surface area contributed by atoms with Crippen molar-refractivity contribution in [3.05, 3.63) is 58.6 Å². The second kappa shape index (κ2) is 7.23. The second-order valence-corrected chi connectivity index (χ2v) is 7.70. The molecule has 0 saturated carbocycles. The Balaban J connectivity index is 2.25. The maximum atomic E-state index is 13.1. The molecule has 1 N–H and O–H groups in total. The topological polar surface area (TPSA) is 49.4 Å². The molecule has 2 aromatic carbocycles. The molecule has 4 nitrogen and oxygen atoms in total. The van der Waals surface area contributed by atoms with E-state index in [9.17, 15) is 21.6 Å². The van der Waals surface area contributed by atoms with Crippen molar-refractivity contribution < 1.29 is 21.6 Å². The first-order valence-electron chi connectivity index (χ1n) is 7.13. The summed E-state index contributed by atoms with van der Waals surface area (Å²) >= 11 is 5.57. The number of nitrogens with zero attached hydrogens (tertiary/aromatic N) is 1. The van der Waals surface area contributed by atoms with Gasteiger partial charge in [-0.3, -0.25) is 0 Å².